The van der Waals surface area contributed by atoms with E-state index in [-0.39, 0.29) is 19.8 Å². The molecular weight excluding hydrogens is 511 g/mol. The first-order chi connectivity index (χ1) is 17.4. The number of rotatable bonds is 11. The van der Waals surface area contributed by atoms with Crippen LogP contribution in [0, 0.1) is 5.41 Å². The highest BCUT2D eigenvalue weighted by Crippen LogP contribution is 2.31. The summed E-state index contributed by atoms with van der Waals surface area (Å²) in [5.41, 5.74) is 11.0. The van der Waals surface area contributed by atoms with Gasteiger partial charge in [0.05, 0.1) is 19.8 Å². The van der Waals surface area contributed by atoms with Crippen LogP contribution in [0.4, 0.5) is 0 Å². The number of carbonyl (C=O) groups is 1. The second-order valence-corrected chi connectivity index (χ2v) is 8.95. The fourth-order valence-electron chi connectivity index (χ4n) is 3.64. The molecule has 0 amide bonds. The van der Waals surface area contributed by atoms with Crippen molar-refractivity contribution in [3.63, 3.8) is 0 Å². The van der Waals surface area contributed by atoms with Crippen LogP contribution < -0.4 is 0 Å². The minimum atomic E-state index is -1.30. The van der Waals surface area contributed by atoms with Crippen LogP contribution in [-0.2, 0) is 41.7 Å². The minimum absolute atomic E-state index is 0.0145. The maximum Gasteiger partial charge on any atom is 0.303 e. The maximum atomic E-state index is 12.0. The maximum absolute atomic E-state index is 12.0. The molecule has 36 heavy (non-hydrogen) atoms. The highest BCUT2D eigenvalue weighted by atomic mass is 35.5. The molecule has 192 valence electrons. The topological polar surface area (TPSA) is 136 Å². The zero-order chi connectivity index (χ0) is 25.9. The third-order valence-electron chi connectivity index (χ3n) is 5.22. The van der Waals surface area contributed by atoms with Crippen molar-refractivity contribution >= 4 is 35.1 Å². The Bertz CT molecular complexity index is 1040. The van der Waals surface area contributed by atoms with Gasteiger partial charge in [0.25, 0.3) is 0 Å². The molecule has 3 rings (SSSR count). The number of halogens is 2. The molecule has 1 heterocycles. The number of esters is 1. The van der Waals surface area contributed by atoms with E-state index in [0.717, 1.165) is 11.1 Å². The summed E-state index contributed by atoms with van der Waals surface area (Å²) >= 11 is 11.5. The molecule has 0 aromatic heterocycles. The standard InChI is InChI=1S/C24H26Cl2N4O6/c1-15(31)34-20-18(14-32-12-16-8-4-2-5-9-16)35-24(36-23(27)22(25)26)19(29-30-28)21(20)33-13-17-10-6-3-7-11-17/h2-11,18-22,24,27H,12-14H2,1H3. The molecule has 0 saturated carbocycles. The van der Waals surface area contributed by atoms with Crippen LogP contribution in [0.25, 0.3) is 10.4 Å². The Morgan fingerprint density at radius 3 is 2.22 bits per heavy atom. The molecule has 5 unspecified atom stereocenters. The van der Waals surface area contributed by atoms with E-state index in [9.17, 15) is 10.3 Å². The Morgan fingerprint density at radius 2 is 1.67 bits per heavy atom. The predicted octanol–water partition coefficient (Wildman–Crippen LogP) is 4.92. The summed E-state index contributed by atoms with van der Waals surface area (Å²) in [4.78, 5) is 13.6. The summed E-state index contributed by atoms with van der Waals surface area (Å²) in [6.07, 6.45) is -4.18. The molecule has 1 saturated heterocycles. The summed E-state index contributed by atoms with van der Waals surface area (Å²) in [6, 6.07) is 17.6. The van der Waals surface area contributed by atoms with E-state index in [4.69, 9.17) is 52.3 Å². The van der Waals surface area contributed by atoms with Crippen molar-refractivity contribution in [2.24, 2.45) is 5.11 Å². The van der Waals surface area contributed by atoms with Gasteiger partial charge in [0.15, 0.2) is 10.9 Å². The van der Waals surface area contributed by atoms with Crippen molar-refractivity contribution in [1.82, 2.24) is 0 Å². The molecule has 0 bridgehead atoms. The van der Waals surface area contributed by atoms with Crippen LogP contribution in [-0.4, -0.2) is 54.0 Å². The van der Waals surface area contributed by atoms with Gasteiger partial charge >= 0.3 is 5.97 Å². The van der Waals surface area contributed by atoms with Gasteiger partial charge in [0, 0.05) is 11.8 Å². The predicted molar refractivity (Wildman–Crippen MR) is 133 cm³/mol. The van der Waals surface area contributed by atoms with Crippen molar-refractivity contribution in [3.05, 3.63) is 82.2 Å². The molecule has 0 aliphatic carbocycles. The molecule has 1 N–H and O–H groups in total. The summed E-state index contributed by atoms with van der Waals surface area (Å²) in [6.45, 7) is 1.63. The van der Waals surface area contributed by atoms with Crippen molar-refractivity contribution in [2.45, 2.75) is 55.6 Å². The number of hydrogen-bond acceptors (Lipinski definition) is 8. The molecule has 0 spiro atoms. The summed E-state index contributed by atoms with van der Waals surface area (Å²) in [7, 11) is 0. The van der Waals surface area contributed by atoms with Crippen molar-refractivity contribution in [2.75, 3.05) is 6.61 Å². The van der Waals surface area contributed by atoms with Gasteiger partial charge in [-0.3, -0.25) is 10.2 Å². The summed E-state index contributed by atoms with van der Waals surface area (Å²) in [5.74, 6) is -1.09. The first kappa shape index (κ1) is 27.7. The Labute approximate surface area is 218 Å². The number of nitrogens with one attached hydrogen (secondary N) is 1. The average Bonchev–Trinajstić information content (AvgIpc) is 2.86. The fraction of sp³-hybridized carbons (Fsp3) is 0.417. The number of alkyl halides is 2. The Kier molecular flexibility index (Phi) is 10.8. The number of ether oxygens (including phenoxy) is 5. The lowest BCUT2D eigenvalue weighted by Crippen LogP contribution is -2.61. The second kappa shape index (κ2) is 14.0. The molecule has 1 aliphatic rings. The third kappa shape index (κ3) is 8.09. The average molecular weight is 537 g/mol. The van der Waals surface area contributed by atoms with E-state index < -0.39 is 47.3 Å². The second-order valence-electron chi connectivity index (χ2n) is 7.86. The van der Waals surface area contributed by atoms with Crippen LogP contribution in [0.1, 0.15) is 18.1 Å². The van der Waals surface area contributed by atoms with Crippen LogP contribution in [0.3, 0.4) is 0 Å². The molecule has 2 aromatic rings. The number of hydrogen-bond donors (Lipinski definition) is 1. The number of azide groups is 1. The van der Waals surface area contributed by atoms with E-state index in [1.807, 2.05) is 60.7 Å². The van der Waals surface area contributed by atoms with Gasteiger partial charge in [0.2, 0.25) is 12.2 Å². The number of carbonyl (C=O) groups excluding carboxylic acids is 1. The summed E-state index contributed by atoms with van der Waals surface area (Å²) in [5, 5.41) is 11.7. The molecule has 12 heteroatoms. The van der Waals surface area contributed by atoms with Gasteiger partial charge in [-0.25, -0.2) is 0 Å². The molecule has 2 aromatic carbocycles. The van der Waals surface area contributed by atoms with Crippen molar-refractivity contribution in [1.29, 1.82) is 5.41 Å². The monoisotopic (exact) mass is 536 g/mol. The lowest BCUT2D eigenvalue weighted by molar-refractivity contribution is -0.262. The largest absolute Gasteiger partial charge is 0.457 e. The van der Waals surface area contributed by atoms with E-state index in [2.05, 4.69) is 10.0 Å². The quantitative estimate of drug-likeness (QED) is 0.0822. The molecule has 0 radical (unpaired) electrons. The third-order valence-corrected chi connectivity index (χ3v) is 5.62. The van der Waals surface area contributed by atoms with Crippen molar-refractivity contribution < 1.29 is 28.5 Å². The lowest BCUT2D eigenvalue weighted by atomic mass is 9.96. The zero-order valence-electron chi connectivity index (χ0n) is 19.4. The van der Waals surface area contributed by atoms with E-state index in [1.54, 1.807) is 0 Å². The highest BCUT2D eigenvalue weighted by Gasteiger charge is 2.50. The van der Waals surface area contributed by atoms with Gasteiger partial charge in [-0.2, -0.15) is 0 Å². The van der Waals surface area contributed by atoms with E-state index in [1.165, 1.54) is 6.92 Å². The first-order valence-electron chi connectivity index (χ1n) is 11.1. The van der Waals surface area contributed by atoms with Gasteiger partial charge in [0.1, 0.15) is 18.2 Å². The molecule has 10 nitrogen and oxygen atoms in total. The minimum Gasteiger partial charge on any atom is -0.457 e. The van der Waals surface area contributed by atoms with E-state index in [0.29, 0.717) is 0 Å². The Balaban J connectivity index is 1.87. The van der Waals surface area contributed by atoms with Gasteiger partial charge < -0.3 is 23.7 Å². The van der Waals surface area contributed by atoms with Gasteiger partial charge in [-0.05, 0) is 16.7 Å². The first-order valence-corrected chi connectivity index (χ1v) is 11.9. The normalized spacial score (nSPS) is 23.5. The summed E-state index contributed by atoms with van der Waals surface area (Å²) < 4.78 is 29.0. The molecule has 1 fully saturated rings. The molecular formula is C24H26Cl2N4O6. The molecule has 1 aliphatic heterocycles. The smallest absolute Gasteiger partial charge is 0.303 e. The Hall–Kier alpha value is -2.85. The van der Waals surface area contributed by atoms with Gasteiger partial charge in [-0.15, -0.1) is 0 Å². The van der Waals surface area contributed by atoms with Crippen LogP contribution in [0.2, 0.25) is 0 Å². The zero-order valence-corrected chi connectivity index (χ0v) is 20.9. The fourth-order valence-corrected chi connectivity index (χ4v) is 3.74. The van der Waals surface area contributed by atoms with Crippen molar-refractivity contribution in [3.8, 4) is 0 Å². The number of benzene rings is 2. The molecule has 5 atom stereocenters. The van der Waals surface area contributed by atoms with Crippen LogP contribution in [0.15, 0.2) is 65.8 Å². The SMILES string of the molecule is CC(=O)OC1C(COCc2ccccc2)OC(OC(=N)C(Cl)Cl)C(N=[N+]=[N-])C1OCc1ccccc1. The van der Waals surface area contributed by atoms with Gasteiger partial charge in [-0.1, -0.05) is 89.0 Å². The Morgan fingerprint density at radius 1 is 1.06 bits per heavy atom. The lowest BCUT2D eigenvalue weighted by Gasteiger charge is -2.44. The van der Waals surface area contributed by atoms with Crippen LogP contribution >= 0.6 is 23.2 Å². The van der Waals surface area contributed by atoms with E-state index >= 15 is 0 Å². The highest BCUT2D eigenvalue weighted by molar-refractivity contribution is 6.53. The number of nitrogens with zero attached hydrogens (tertiary/aromatic N) is 3. The van der Waals surface area contributed by atoms with Crippen LogP contribution in [0.5, 0.6) is 0 Å².